The first-order chi connectivity index (χ1) is 7.06. The molecule has 0 spiro atoms. The van der Waals surface area contributed by atoms with E-state index in [1.54, 1.807) is 18.5 Å². The number of carbonyl (C=O) groups is 2. The molecule has 0 radical (unpaired) electrons. The molecule has 0 saturated carbocycles. The third kappa shape index (κ3) is 2.69. The van der Waals surface area contributed by atoms with Crippen molar-refractivity contribution >= 4 is 28.8 Å². The summed E-state index contributed by atoms with van der Waals surface area (Å²) in [6.07, 6.45) is 0. The van der Waals surface area contributed by atoms with Gasteiger partial charge in [0.05, 0.1) is 12.2 Å². The van der Waals surface area contributed by atoms with Crippen LogP contribution in [0.5, 0.6) is 0 Å². The van der Waals surface area contributed by atoms with Crippen LogP contribution in [0.2, 0.25) is 0 Å². The highest BCUT2D eigenvalue weighted by Gasteiger charge is 2.17. The topological polar surface area (TPSA) is 75.4 Å². The average Bonchev–Trinajstić information content (AvgIpc) is 2.63. The number of hydrogen-bond donors (Lipinski definition) is 2. The quantitative estimate of drug-likeness (QED) is 0.771. The van der Waals surface area contributed by atoms with Gasteiger partial charge in [-0.25, -0.2) is 0 Å². The monoisotopic (exact) mass is 227 g/mol. The van der Waals surface area contributed by atoms with Crippen molar-refractivity contribution in [3.05, 3.63) is 16.3 Å². The summed E-state index contributed by atoms with van der Waals surface area (Å²) in [4.78, 5) is 24.6. The molecule has 0 aliphatic carbocycles. The summed E-state index contributed by atoms with van der Waals surface area (Å²) in [5.74, 6) is -0.438. The van der Waals surface area contributed by atoms with E-state index < -0.39 is 0 Å². The Kier molecular flexibility index (Phi) is 3.68. The van der Waals surface area contributed by atoms with Crippen molar-refractivity contribution in [2.45, 2.75) is 0 Å². The largest absolute Gasteiger partial charge is 0.397 e. The molecule has 0 aliphatic heterocycles. The predicted octanol–water partition coefficient (Wildman–Crippen LogP) is 0.148. The van der Waals surface area contributed by atoms with E-state index in [4.69, 9.17) is 5.73 Å². The molecule has 0 unspecified atom stereocenters. The number of anilines is 1. The van der Waals surface area contributed by atoms with Gasteiger partial charge in [-0.2, -0.15) is 0 Å². The molecule has 1 aromatic heterocycles. The molecule has 82 valence electrons. The average molecular weight is 227 g/mol. The van der Waals surface area contributed by atoms with Gasteiger partial charge >= 0.3 is 0 Å². The summed E-state index contributed by atoms with van der Waals surface area (Å²) in [5.41, 5.74) is 6.06. The highest BCUT2D eigenvalue weighted by atomic mass is 32.1. The van der Waals surface area contributed by atoms with Gasteiger partial charge in [0.25, 0.3) is 5.91 Å². The lowest BCUT2D eigenvalue weighted by atomic mass is 10.3. The van der Waals surface area contributed by atoms with E-state index in [-0.39, 0.29) is 18.4 Å². The molecule has 3 N–H and O–H groups in total. The molecular weight excluding hydrogens is 214 g/mol. The second kappa shape index (κ2) is 4.79. The third-order valence-corrected chi connectivity index (χ3v) is 2.81. The van der Waals surface area contributed by atoms with Crippen molar-refractivity contribution in [1.82, 2.24) is 10.2 Å². The van der Waals surface area contributed by atoms with E-state index in [0.29, 0.717) is 10.6 Å². The number of likely N-dealkylation sites (N-methyl/N-ethyl adjacent to an activating group) is 2. The second-order valence-electron chi connectivity index (χ2n) is 3.04. The van der Waals surface area contributed by atoms with Crippen LogP contribution >= 0.6 is 11.3 Å². The molecule has 1 aromatic rings. The van der Waals surface area contributed by atoms with Gasteiger partial charge in [-0.05, 0) is 11.4 Å². The van der Waals surface area contributed by atoms with Gasteiger partial charge in [0.2, 0.25) is 5.91 Å². The lowest BCUT2D eigenvalue weighted by Gasteiger charge is -2.15. The zero-order valence-corrected chi connectivity index (χ0v) is 9.43. The summed E-state index contributed by atoms with van der Waals surface area (Å²) in [7, 11) is 3.09. The molecule has 0 bridgehead atoms. The molecule has 0 atom stereocenters. The number of carbonyl (C=O) groups excluding carboxylic acids is 2. The Bertz CT molecular complexity index is 375. The summed E-state index contributed by atoms with van der Waals surface area (Å²) in [6, 6.07) is 1.67. The molecule has 1 heterocycles. The molecule has 6 heteroatoms. The van der Waals surface area contributed by atoms with Crippen molar-refractivity contribution in [3.63, 3.8) is 0 Å². The van der Waals surface area contributed by atoms with Crippen molar-refractivity contribution in [1.29, 1.82) is 0 Å². The zero-order valence-electron chi connectivity index (χ0n) is 8.61. The minimum absolute atomic E-state index is 0.0344. The fourth-order valence-corrected chi connectivity index (χ4v) is 1.84. The van der Waals surface area contributed by atoms with Gasteiger partial charge in [-0.3, -0.25) is 9.59 Å². The molecule has 0 fully saturated rings. The maximum atomic E-state index is 11.8. The number of amides is 2. The Morgan fingerprint density at radius 3 is 2.73 bits per heavy atom. The van der Waals surface area contributed by atoms with Gasteiger partial charge in [0.1, 0.15) is 4.88 Å². The van der Waals surface area contributed by atoms with Crippen molar-refractivity contribution in [3.8, 4) is 0 Å². The zero-order chi connectivity index (χ0) is 11.4. The van der Waals surface area contributed by atoms with Crippen LogP contribution in [0.1, 0.15) is 9.67 Å². The summed E-state index contributed by atoms with van der Waals surface area (Å²) < 4.78 is 0. The van der Waals surface area contributed by atoms with Crippen molar-refractivity contribution < 1.29 is 9.59 Å². The smallest absolute Gasteiger partial charge is 0.266 e. The lowest BCUT2D eigenvalue weighted by Crippen LogP contribution is -2.36. The van der Waals surface area contributed by atoms with Crippen LogP contribution in [0, 0.1) is 0 Å². The van der Waals surface area contributed by atoms with Crippen LogP contribution in [0.25, 0.3) is 0 Å². The molecule has 0 aromatic carbocycles. The minimum Gasteiger partial charge on any atom is -0.397 e. The number of rotatable bonds is 3. The van der Waals surface area contributed by atoms with Crippen LogP contribution in [0.4, 0.5) is 5.69 Å². The number of nitrogens with two attached hydrogens (primary N) is 1. The maximum Gasteiger partial charge on any atom is 0.266 e. The highest BCUT2D eigenvalue weighted by molar-refractivity contribution is 7.12. The standard InChI is InChI=1S/C9H13N3O2S/c1-11-7(13)5-12(2)9(14)8-6(10)3-4-15-8/h3-4H,5,10H2,1-2H3,(H,11,13). The van der Waals surface area contributed by atoms with E-state index in [1.165, 1.54) is 23.3 Å². The van der Waals surface area contributed by atoms with Gasteiger partial charge in [0.15, 0.2) is 0 Å². The molecule has 2 amide bonds. The van der Waals surface area contributed by atoms with Crippen LogP contribution in [-0.4, -0.2) is 37.4 Å². The molecule has 15 heavy (non-hydrogen) atoms. The molecule has 1 rings (SSSR count). The summed E-state index contributed by atoms with van der Waals surface area (Å²) in [6.45, 7) is 0.0344. The highest BCUT2D eigenvalue weighted by Crippen LogP contribution is 2.20. The minimum atomic E-state index is -0.230. The van der Waals surface area contributed by atoms with Crippen LogP contribution in [0.15, 0.2) is 11.4 Å². The number of thiophene rings is 1. The maximum absolute atomic E-state index is 11.8. The van der Waals surface area contributed by atoms with Crippen LogP contribution in [0.3, 0.4) is 0 Å². The summed E-state index contributed by atoms with van der Waals surface area (Å²) in [5, 5.41) is 4.20. The van der Waals surface area contributed by atoms with Gasteiger partial charge < -0.3 is 16.0 Å². The number of hydrogen-bond acceptors (Lipinski definition) is 4. The van der Waals surface area contributed by atoms with Gasteiger partial charge in [-0.1, -0.05) is 0 Å². The van der Waals surface area contributed by atoms with Crippen molar-refractivity contribution in [2.24, 2.45) is 0 Å². The Hall–Kier alpha value is -1.56. The van der Waals surface area contributed by atoms with E-state index in [1.807, 2.05) is 0 Å². The number of nitrogen functional groups attached to an aromatic ring is 1. The lowest BCUT2D eigenvalue weighted by molar-refractivity contribution is -0.121. The molecule has 0 aliphatic rings. The van der Waals surface area contributed by atoms with Crippen LogP contribution < -0.4 is 11.1 Å². The van der Waals surface area contributed by atoms with Crippen molar-refractivity contribution in [2.75, 3.05) is 26.4 Å². The van der Waals surface area contributed by atoms with E-state index >= 15 is 0 Å². The summed E-state index contributed by atoms with van der Waals surface area (Å²) >= 11 is 1.27. The molecule has 0 saturated heterocycles. The van der Waals surface area contributed by atoms with E-state index in [0.717, 1.165) is 0 Å². The number of nitrogens with zero attached hydrogens (tertiary/aromatic N) is 1. The van der Waals surface area contributed by atoms with Gasteiger partial charge in [0, 0.05) is 14.1 Å². The first kappa shape index (κ1) is 11.5. The SMILES string of the molecule is CNC(=O)CN(C)C(=O)c1sccc1N. The molecule has 5 nitrogen and oxygen atoms in total. The first-order valence-corrected chi connectivity index (χ1v) is 5.23. The van der Waals surface area contributed by atoms with Crippen LogP contribution in [-0.2, 0) is 4.79 Å². The first-order valence-electron chi connectivity index (χ1n) is 4.35. The fourth-order valence-electron chi connectivity index (χ4n) is 1.03. The molecular formula is C9H13N3O2S. The van der Waals surface area contributed by atoms with Gasteiger partial charge in [-0.15, -0.1) is 11.3 Å². The third-order valence-electron chi connectivity index (χ3n) is 1.90. The second-order valence-corrected chi connectivity index (χ2v) is 3.96. The van der Waals surface area contributed by atoms with E-state index in [2.05, 4.69) is 5.32 Å². The predicted molar refractivity (Wildman–Crippen MR) is 59.8 cm³/mol. The van der Waals surface area contributed by atoms with E-state index in [9.17, 15) is 9.59 Å². The fraction of sp³-hybridized carbons (Fsp3) is 0.333. The normalized spacial score (nSPS) is 9.73. The Balaban J connectivity index is 2.69. The Labute approximate surface area is 91.9 Å². The Morgan fingerprint density at radius 2 is 2.27 bits per heavy atom. The number of nitrogens with one attached hydrogen (secondary N) is 1. The Morgan fingerprint density at radius 1 is 1.60 bits per heavy atom.